The molecule has 0 amide bonds. The van der Waals surface area contributed by atoms with Gasteiger partial charge in [-0.1, -0.05) is 11.6 Å². The van der Waals surface area contributed by atoms with Crippen LogP contribution in [0.3, 0.4) is 0 Å². The van der Waals surface area contributed by atoms with E-state index >= 15 is 0 Å². The van der Waals surface area contributed by atoms with Gasteiger partial charge in [0.1, 0.15) is 5.75 Å². The summed E-state index contributed by atoms with van der Waals surface area (Å²) in [6.07, 6.45) is 0. The van der Waals surface area contributed by atoms with Crippen LogP contribution in [-0.2, 0) is 9.53 Å². The van der Waals surface area contributed by atoms with E-state index in [1.54, 1.807) is 48.5 Å². The summed E-state index contributed by atoms with van der Waals surface area (Å²) < 4.78 is 10.4. The summed E-state index contributed by atoms with van der Waals surface area (Å²) in [4.78, 5) is 23.3. The molecule has 1 aliphatic rings. The van der Waals surface area contributed by atoms with E-state index in [0.29, 0.717) is 21.9 Å². The molecular weight excluding hydrogens is 382 g/mol. The first-order chi connectivity index (χ1) is 13.3. The number of nitrogens with one attached hydrogen (secondary N) is 1. The van der Waals surface area contributed by atoms with E-state index in [1.807, 2.05) is 0 Å². The molecule has 7 heteroatoms. The van der Waals surface area contributed by atoms with Crippen LogP contribution in [0.4, 0.5) is 0 Å². The maximum atomic E-state index is 12.3. The Labute approximate surface area is 169 Å². The highest BCUT2D eigenvalue weighted by molar-refractivity contribution is 6.30. The summed E-state index contributed by atoms with van der Waals surface area (Å²) in [5, 5.41) is 12.8. The summed E-state index contributed by atoms with van der Waals surface area (Å²) in [5.41, 5.74) is -0.312. The Morgan fingerprint density at radius 3 is 1.89 bits per heavy atom. The Morgan fingerprint density at radius 2 is 1.50 bits per heavy atom. The van der Waals surface area contributed by atoms with Gasteiger partial charge in [-0.3, -0.25) is 4.79 Å². The van der Waals surface area contributed by atoms with Gasteiger partial charge >= 0.3 is 5.97 Å². The van der Waals surface area contributed by atoms with E-state index in [9.17, 15) is 9.59 Å². The normalized spacial score (nSPS) is 13.8. The number of carboxylic acids is 1. The minimum atomic E-state index is -1.33. The molecule has 0 radical (unpaired) electrons. The van der Waals surface area contributed by atoms with E-state index in [4.69, 9.17) is 26.2 Å². The van der Waals surface area contributed by atoms with Crippen molar-refractivity contribution in [1.82, 2.24) is 5.32 Å². The molecule has 1 fully saturated rings. The second kappa shape index (κ2) is 10.2. The fourth-order valence-electron chi connectivity index (χ4n) is 2.30. The molecule has 0 aromatic heterocycles. The minimum absolute atomic E-state index is 0.138. The van der Waals surface area contributed by atoms with E-state index in [2.05, 4.69) is 5.32 Å². The van der Waals surface area contributed by atoms with E-state index in [0.717, 1.165) is 26.3 Å². The molecule has 0 aliphatic carbocycles. The average molecular weight is 406 g/mol. The molecular formula is C21H24ClNO5. The molecule has 3 rings (SSSR count). The monoisotopic (exact) mass is 405 g/mol. The zero-order chi connectivity index (χ0) is 20.6. The van der Waals surface area contributed by atoms with Gasteiger partial charge in [-0.25, -0.2) is 4.79 Å². The lowest BCUT2D eigenvalue weighted by Gasteiger charge is -2.21. The summed E-state index contributed by atoms with van der Waals surface area (Å²) in [5.74, 6) is -0.811. The molecule has 1 heterocycles. The fraction of sp³-hybridized carbons (Fsp3) is 0.333. The molecule has 0 spiro atoms. The Bertz CT molecular complexity index is 772. The van der Waals surface area contributed by atoms with Crippen molar-refractivity contribution < 1.29 is 24.2 Å². The van der Waals surface area contributed by atoms with Crippen molar-refractivity contribution >= 4 is 23.4 Å². The van der Waals surface area contributed by atoms with E-state index < -0.39 is 11.6 Å². The van der Waals surface area contributed by atoms with Crippen LogP contribution in [0, 0.1) is 0 Å². The first-order valence-electron chi connectivity index (χ1n) is 8.91. The fourth-order valence-corrected chi connectivity index (χ4v) is 2.42. The number of morpholine rings is 1. The zero-order valence-corrected chi connectivity index (χ0v) is 16.7. The van der Waals surface area contributed by atoms with Crippen LogP contribution in [0.15, 0.2) is 48.5 Å². The number of halogens is 1. The molecule has 2 aromatic rings. The second-order valence-electron chi connectivity index (χ2n) is 6.64. The highest BCUT2D eigenvalue weighted by atomic mass is 35.5. The third-order valence-electron chi connectivity index (χ3n) is 3.96. The van der Waals surface area contributed by atoms with Crippen molar-refractivity contribution in [2.75, 3.05) is 26.3 Å². The lowest BCUT2D eigenvalue weighted by atomic mass is 10.0. The quantitative estimate of drug-likeness (QED) is 0.741. The van der Waals surface area contributed by atoms with Gasteiger partial charge in [0.15, 0.2) is 11.4 Å². The van der Waals surface area contributed by atoms with Gasteiger partial charge in [-0.15, -0.1) is 0 Å². The lowest BCUT2D eigenvalue weighted by Crippen LogP contribution is -2.37. The Morgan fingerprint density at radius 1 is 1.00 bits per heavy atom. The number of carbonyl (C=O) groups excluding carboxylic acids is 1. The van der Waals surface area contributed by atoms with Crippen molar-refractivity contribution in [3.05, 3.63) is 64.7 Å². The van der Waals surface area contributed by atoms with Gasteiger partial charge in [0, 0.05) is 29.2 Å². The smallest absolute Gasteiger partial charge is 0.347 e. The van der Waals surface area contributed by atoms with Crippen LogP contribution in [0.25, 0.3) is 0 Å². The average Bonchev–Trinajstić information content (AvgIpc) is 2.70. The molecule has 1 aliphatic heterocycles. The van der Waals surface area contributed by atoms with Crippen molar-refractivity contribution in [3.8, 4) is 5.75 Å². The van der Waals surface area contributed by atoms with Crippen molar-refractivity contribution in [2.24, 2.45) is 0 Å². The summed E-state index contributed by atoms with van der Waals surface area (Å²) >= 11 is 5.79. The van der Waals surface area contributed by atoms with Crippen molar-refractivity contribution in [2.45, 2.75) is 19.4 Å². The van der Waals surface area contributed by atoms with Gasteiger partial charge in [0.05, 0.1) is 13.2 Å². The third kappa shape index (κ3) is 6.64. The van der Waals surface area contributed by atoms with Gasteiger partial charge in [0.2, 0.25) is 0 Å². The molecule has 28 heavy (non-hydrogen) atoms. The Balaban J connectivity index is 0.000000397. The third-order valence-corrected chi connectivity index (χ3v) is 4.21. The van der Waals surface area contributed by atoms with Crippen LogP contribution < -0.4 is 10.1 Å². The molecule has 150 valence electrons. The Kier molecular flexibility index (Phi) is 7.99. The first-order valence-corrected chi connectivity index (χ1v) is 9.28. The van der Waals surface area contributed by atoms with Crippen LogP contribution >= 0.6 is 11.6 Å². The molecule has 1 saturated heterocycles. The predicted octanol–water partition coefficient (Wildman–Crippen LogP) is 3.42. The van der Waals surface area contributed by atoms with Gasteiger partial charge in [0.25, 0.3) is 0 Å². The molecule has 6 nitrogen and oxygen atoms in total. The van der Waals surface area contributed by atoms with E-state index in [-0.39, 0.29) is 5.78 Å². The lowest BCUT2D eigenvalue weighted by molar-refractivity contribution is -0.152. The minimum Gasteiger partial charge on any atom is -0.478 e. The standard InChI is InChI=1S/C17H15ClO4.C4H9NO/c1-17(2,16(20)21)22-14-9-5-12(6-10-14)15(19)11-3-7-13(18)8-4-11;1-3-6-4-2-5-1/h3-10H,1-2H3,(H,20,21);5H,1-4H2. The molecule has 2 aromatic carbocycles. The number of rotatable bonds is 5. The number of ether oxygens (including phenoxy) is 2. The SMILES string of the molecule is C1COCCN1.CC(C)(Oc1ccc(C(=O)c2ccc(Cl)cc2)cc1)C(=O)O. The van der Waals surface area contributed by atoms with Gasteiger partial charge in [-0.05, 0) is 62.4 Å². The number of carboxylic acid groups (broad SMARTS) is 1. The number of hydrogen-bond donors (Lipinski definition) is 2. The topological polar surface area (TPSA) is 84.9 Å². The highest BCUT2D eigenvalue weighted by Gasteiger charge is 2.29. The number of hydrogen-bond acceptors (Lipinski definition) is 5. The summed E-state index contributed by atoms with van der Waals surface area (Å²) in [6.45, 7) is 6.75. The molecule has 2 N–H and O–H groups in total. The van der Waals surface area contributed by atoms with Crippen LogP contribution in [0.2, 0.25) is 5.02 Å². The molecule has 0 atom stereocenters. The van der Waals surface area contributed by atoms with E-state index in [1.165, 1.54) is 13.8 Å². The van der Waals surface area contributed by atoms with Crippen LogP contribution in [0.1, 0.15) is 29.8 Å². The number of ketones is 1. The number of benzene rings is 2. The second-order valence-corrected chi connectivity index (χ2v) is 7.08. The van der Waals surface area contributed by atoms with Gasteiger partial charge in [-0.2, -0.15) is 0 Å². The number of aliphatic carboxylic acids is 1. The van der Waals surface area contributed by atoms with Crippen LogP contribution in [-0.4, -0.2) is 48.8 Å². The number of carbonyl (C=O) groups is 2. The van der Waals surface area contributed by atoms with Gasteiger partial charge < -0.3 is 19.9 Å². The van der Waals surface area contributed by atoms with Crippen molar-refractivity contribution in [1.29, 1.82) is 0 Å². The molecule has 0 unspecified atom stereocenters. The molecule has 0 saturated carbocycles. The maximum Gasteiger partial charge on any atom is 0.347 e. The maximum absolute atomic E-state index is 12.3. The summed E-state index contributed by atoms with van der Waals surface area (Å²) in [6, 6.07) is 13.0. The molecule has 0 bridgehead atoms. The van der Waals surface area contributed by atoms with Crippen molar-refractivity contribution in [3.63, 3.8) is 0 Å². The summed E-state index contributed by atoms with van der Waals surface area (Å²) in [7, 11) is 0. The highest BCUT2D eigenvalue weighted by Crippen LogP contribution is 2.21. The predicted molar refractivity (Wildman–Crippen MR) is 107 cm³/mol. The zero-order valence-electron chi connectivity index (χ0n) is 15.9. The first kappa shape index (κ1) is 21.9. The largest absolute Gasteiger partial charge is 0.478 e. The Hall–Kier alpha value is -2.41. The van der Waals surface area contributed by atoms with Crippen LogP contribution in [0.5, 0.6) is 5.75 Å².